The summed E-state index contributed by atoms with van der Waals surface area (Å²) in [6.07, 6.45) is 11.3. The Hall–Kier alpha value is -2.78. The third-order valence-corrected chi connectivity index (χ3v) is 6.63. The van der Waals surface area contributed by atoms with Gasteiger partial charge in [-0.1, -0.05) is 20.3 Å². The van der Waals surface area contributed by atoms with Crippen LogP contribution in [-0.2, 0) is 6.54 Å². The van der Waals surface area contributed by atoms with E-state index in [0.29, 0.717) is 0 Å². The molecular weight excluding hydrogens is 420 g/mol. The van der Waals surface area contributed by atoms with Crippen molar-refractivity contribution >= 4 is 28.0 Å². The number of aryl methyl sites for hydroxylation is 1. The van der Waals surface area contributed by atoms with Crippen molar-refractivity contribution in [3.8, 4) is 11.3 Å². The Morgan fingerprint density at radius 2 is 2.06 bits per heavy atom. The molecule has 1 saturated heterocycles. The molecule has 0 spiro atoms. The molecule has 0 amide bonds. The molecule has 1 fully saturated rings. The largest absolute Gasteiger partial charge is 0.328 e. The van der Waals surface area contributed by atoms with Gasteiger partial charge in [0.1, 0.15) is 5.00 Å². The minimum atomic E-state index is 0.235. The molecule has 0 unspecified atom stereocenters. The second-order valence-electron chi connectivity index (χ2n) is 8.55. The minimum absolute atomic E-state index is 0.235. The molecule has 0 saturated carbocycles. The van der Waals surface area contributed by atoms with E-state index in [9.17, 15) is 0 Å². The van der Waals surface area contributed by atoms with Gasteiger partial charge < -0.3 is 5.32 Å². The lowest BCUT2D eigenvalue weighted by atomic mass is 9.90. The van der Waals surface area contributed by atoms with Gasteiger partial charge in [0.05, 0.1) is 29.5 Å². The van der Waals surface area contributed by atoms with E-state index in [1.807, 2.05) is 43.8 Å². The van der Waals surface area contributed by atoms with Crippen LogP contribution in [0.4, 0.5) is 10.8 Å². The number of likely N-dealkylation sites (tertiary alicyclic amines) is 1. The SMILES string of the molecule is CC.Cc1cn2c(-c3cn[nH]c3)cnc2c(Nc2cc(CN3CCCCC3(C)C)ns2)n1. The maximum atomic E-state index is 4.69. The Balaban J connectivity index is 0.00000119. The van der Waals surface area contributed by atoms with Crippen molar-refractivity contribution in [2.75, 3.05) is 11.9 Å². The van der Waals surface area contributed by atoms with E-state index < -0.39 is 0 Å². The number of aromatic nitrogens is 6. The quantitative estimate of drug-likeness (QED) is 0.420. The van der Waals surface area contributed by atoms with Crippen molar-refractivity contribution in [1.82, 2.24) is 33.8 Å². The van der Waals surface area contributed by atoms with Crippen LogP contribution in [0, 0.1) is 6.92 Å². The molecule has 170 valence electrons. The summed E-state index contributed by atoms with van der Waals surface area (Å²) >= 11 is 1.47. The highest BCUT2D eigenvalue weighted by atomic mass is 32.1. The summed E-state index contributed by atoms with van der Waals surface area (Å²) in [7, 11) is 0. The molecule has 0 atom stereocenters. The molecule has 4 aromatic heterocycles. The predicted molar refractivity (Wildman–Crippen MR) is 130 cm³/mol. The number of hydrogen-bond donors (Lipinski definition) is 2. The molecule has 2 N–H and O–H groups in total. The summed E-state index contributed by atoms with van der Waals surface area (Å²) in [5, 5.41) is 11.3. The molecule has 0 aliphatic carbocycles. The zero-order valence-electron chi connectivity index (χ0n) is 19.5. The maximum Gasteiger partial charge on any atom is 0.180 e. The lowest BCUT2D eigenvalue weighted by molar-refractivity contribution is 0.0682. The van der Waals surface area contributed by atoms with Crippen LogP contribution in [0.5, 0.6) is 0 Å². The fourth-order valence-corrected chi connectivity index (χ4v) is 4.83. The molecule has 0 bridgehead atoms. The first-order valence-electron chi connectivity index (χ1n) is 11.3. The highest BCUT2D eigenvalue weighted by Crippen LogP contribution is 2.31. The van der Waals surface area contributed by atoms with Gasteiger partial charge >= 0.3 is 0 Å². The molecule has 32 heavy (non-hydrogen) atoms. The fourth-order valence-electron chi connectivity index (χ4n) is 4.17. The lowest BCUT2D eigenvalue weighted by Crippen LogP contribution is -2.46. The van der Waals surface area contributed by atoms with Gasteiger partial charge in [0, 0.05) is 30.0 Å². The van der Waals surface area contributed by atoms with Crippen molar-refractivity contribution in [2.24, 2.45) is 0 Å². The molecule has 0 radical (unpaired) electrons. The second kappa shape index (κ2) is 9.38. The second-order valence-corrected chi connectivity index (χ2v) is 9.36. The Kier molecular flexibility index (Phi) is 6.57. The van der Waals surface area contributed by atoms with Gasteiger partial charge in [-0.2, -0.15) is 9.47 Å². The van der Waals surface area contributed by atoms with E-state index in [-0.39, 0.29) is 5.54 Å². The number of imidazole rings is 1. The molecule has 1 aliphatic heterocycles. The third kappa shape index (κ3) is 4.54. The van der Waals surface area contributed by atoms with Crippen LogP contribution in [0.2, 0.25) is 0 Å². The van der Waals surface area contributed by atoms with Gasteiger partial charge in [0.15, 0.2) is 11.5 Å². The van der Waals surface area contributed by atoms with Gasteiger partial charge in [-0.3, -0.25) is 14.4 Å². The first-order valence-corrected chi connectivity index (χ1v) is 12.1. The van der Waals surface area contributed by atoms with Gasteiger partial charge in [-0.05, 0) is 57.8 Å². The minimum Gasteiger partial charge on any atom is -0.328 e. The smallest absolute Gasteiger partial charge is 0.180 e. The number of nitrogens with one attached hydrogen (secondary N) is 2. The van der Waals surface area contributed by atoms with Crippen molar-refractivity contribution in [3.63, 3.8) is 0 Å². The van der Waals surface area contributed by atoms with Crippen LogP contribution in [0.1, 0.15) is 58.3 Å². The van der Waals surface area contributed by atoms with Crippen molar-refractivity contribution in [2.45, 2.75) is 66.0 Å². The van der Waals surface area contributed by atoms with Crippen LogP contribution >= 0.6 is 11.5 Å². The normalized spacial score (nSPS) is 16.0. The predicted octanol–water partition coefficient (Wildman–Crippen LogP) is 5.42. The monoisotopic (exact) mass is 452 g/mol. The summed E-state index contributed by atoms with van der Waals surface area (Å²) in [6.45, 7) is 12.7. The van der Waals surface area contributed by atoms with Crippen LogP contribution in [0.25, 0.3) is 16.9 Å². The van der Waals surface area contributed by atoms with E-state index in [2.05, 4.69) is 50.3 Å². The molecule has 4 aromatic rings. The average Bonchev–Trinajstić information content (AvgIpc) is 3.52. The van der Waals surface area contributed by atoms with E-state index >= 15 is 0 Å². The standard InChI is InChI=1S/C21H26N8S.C2H6/c1-14-12-29-17(15-9-23-24-10-15)11-22-20(29)19(25-14)26-18-8-16(27-30-18)13-28-7-5-4-6-21(28,2)3;1-2/h8-12H,4-7,13H2,1-3H3,(H,23,24)(H,25,26);1-2H3. The van der Waals surface area contributed by atoms with Crippen molar-refractivity contribution in [1.29, 1.82) is 0 Å². The molecule has 9 heteroatoms. The highest BCUT2D eigenvalue weighted by molar-refractivity contribution is 7.10. The van der Waals surface area contributed by atoms with E-state index in [1.165, 1.54) is 30.8 Å². The van der Waals surface area contributed by atoms with E-state index in [4.69, 9.17) is 4.37 Å². The Morgan fingerprint density at radius 1 is 1.22 bits per heavy atom. The van der Waals surface area contributed by atoms with E-state index in [1.54, 1.807) is 6.20 Å². The summed E-state index contributed by atoms with van der Waals surface area (Å²) in [5.74, 6) is 0.734. The Labute approximate surface area is 193 Å². The van der Waals surface area contributed by atoms with Gasteiger partial charge in [0.25, 0.3) is 0 Å². The number of nitrogens with zero attached hydrogens (tertiary/aromatic N) is 6. The van der Waals surface area contributed by atoms with Crippen molar-refractivity contribution < 1.29 is 0 Å². The molecule has 8 nitrogen and oxygen atoms in total. The molecule has 1 aliphatic rings. The number of H-pyrrole nitrogens is 1. The molecule has 5 heterocycles. The summed E-state index contributed by atoms with van der Waals surface area (Å²) in [5.41, 5.74) is 4.99. The van der Waals surface area contributed by atoms with Crippen LogP contribution in [-0.4, -0.2) is 45.9 Å². The summed E-state index contributed by atoms with van der Waals surface area (Å²) in [6, 6.07) is 2.13. The number of hydrogen-bond acceptors (Lipinski definition) is 7. The van der Waals surface area contributed by atoms with Gasteiger partial charge in [0.2, 0.25) is 0 Å². The van der Waals surface area contributed by atoms with Crippen LogP contribution in [0.15, 0.2) is 30.9 Å². The average molecular weight is 453 g/mol. The highest BCUT2D eigenvalue weighted by Gasteiger charge is 2.30. The topological polar surface area (TPSA) is 87.0 Å². The zero-order valence-corrected chi connectivity index (χ0v) is 20.3. The van der Waals surface area contributed by atoms with Crippen LogP contribution in [0.3, 0.4) is 0 Å². The number of rotatable bonds is 5. The number of anilines is 2. The molecule has 0 aromatic carbocycles. The van der Waals surface area contributed by atoms with Crippen LogP contribution < -0.4 is 5.32 Å². The van der Waals surface area contributed by atoms with Crippen molar-refractivity contribution in [3.05, 3.63) is 42.2 Å². The van der Waals surface area contributed by atoms with Gasteiger partial charge in [-0.15, -0.1) is 0 Å². The molecule has 5 rings (SSSR count). The Morgan fingerprint density at radius 3 is 2.81 bits per heavy atom. The van der Waals surface area contributed by atoms with Gasteiger partial charge in [-0.25, -0.2) is 9.97 Å². The first kappa shape index (κ1) is 22.4. The summed E-state index contributed by atoms with van der Waals surface area (Å²) < 4.78 is 6.74. The third-order valence-electron chi connectivity index (χ3n) is 5.88. The molecular formula is C23H32N8S. The maximum absolute atomic E-state index is 4.69. The number of fused-ring (bicyclic) bond motifs is 1. The first-order chi connectivity index (χ1) is 15.5. The zero-order chi connectivity index (χ0) is 22.7. The summed E-state index contributed by atoms with van der Waals surface area (Å²) in [4.78, 5) is 11.8. The number of aromatic amines is 1. The lowest BCUT2D eigenvalue weighted by Gasteiger charge is -2.42. The van der Waals surface area contributed by atoms with E-state index in [0.717, 1.165) is 52.2 Å². The fraction of sp³-hybridized carbons (Fsp3) is 0.478. The Bertz CT molecular complexity index is 1160. The number of piperidine rings is 1.